The predicted molar refractivity (Wildman–Crippen MR) is 77.1 cm³/mol. The van der Waals surface area contributed by atoms with E-state index in [0.29, 0.717) is 10.7 Å². The first-order chi connectivity index (χ1) is 10.1. The molecule has 0 atom stereocenters. The van der Waals surface area contributed by atoms with Crippen LogP contribution in [0.1, 0.15) is 10.7 Å². The average Bonchev–Trinajstić information content (AvgIpc) is 2.88. The SMILES string of the molecule is O=C(Cc1nc(CCl)cs1)Nc1ccccc1OC(F)F. The van der Waals surface area contributed by atoms with Crippen molar-refractivity contribution in [2.24, 2.45) is 0 Å². The number of hydrogen-bond donors (Lipinski definition) is 1. The van der Waals surface area contributed by atoms with Crippen molar-refractivity contribution in [2.75, 3.05) is 5.32 Å². The van der Waals surface area contributed by atoms with Crippen molar-refractivity contribution < 1.29 is 18.3 Å². The van der Waals surface area contributed by atoms with Gasteiger partial charge in [0.25, 0.3) is 0 Å². The van der Waals surface area contributed by atoms with E-state index < -0.39 is 6.61 Å². The average molecular weight is 333 g/mol. The molecule has 1 aromatic carbocycles. The first-order valence-corrected chi connectivity index (χ1v) is 7.33. The maximum Gasteiger partial charge on any atom is 0.387 e. The van der Waals surface area contributed by atoms with Crippen LogP contribution in [0.25, 0.3) is 0 Å². The predicted octanol–water partition coefficient (Wildman–Crippen LogP) is 3.66. The molecule has 1 amide bonds. The molecule has 0 saturated heterocycles. The zero-order valence-corrected chi connectivity index (χ0v) is 12.3. The number of carbonyl (C=O) groups excluding carboxylic acids is 1. The number of nitrogens with one attached hydrogen (secondary N) is 1. The van der Waals surface area contributed by atoms with Gasteiger partial charge in [-0.3, -0.25) is 4.79 Å². The van der Waals surface area contributed by atoms with Gasteiger partial charge >= 0.3 is 6.61 Å². The number of halogens is 3. The second-order valence-corrected chi connectivity index (χ2v) is 5.18. The fraction of sp³-hybridized carbons (Fsp3) is 0.231. The van der Waals surface area contributed by atoms with E-state index in [4.69, 9.17) is 11.6 Å². The Bertz CT molecular complexity index is 622. The molecule has 0 aliphatic carbocycles. The smallest absolute Gasteiger partial charge is 0.387 e. The molecule has 0 fully saturated rings. The second-order valence-electron chi connectivity index (χ2n) is 3.97. The summed E-state index contributed by atoms with van der Waals surface area (Å²) in [5.41, 5.74) is 0.892. The summed E-state index contributed by atoms with van der Waals surface area (Å²) in [7, 11) is 0. The standard InChI is InChI=1S/C13H11ClF2N2O2S/c14-6-8-7-21-12(17-8)5-11(19)18-9-3-1-2-4-10(9)20-13(15)16/h1-4,7,13H,5-6H2,(H,18,19). The molecule has 4 nitrogen and oxygen atoms in total. The number of thiazole rings is 1. The summed E-state index contributed by atoms with van der Waals surface area (Å²) in [6.07, 6.45) is 0.0462. The third-order valence-corrected chi connectivity index (χ3v) is 3.60. The molecule has 0 aliphatic rings. The third-order valence-electron chi connectivity index (χ3n) is 2.43. The van der Waals surface area contributed by atoms with Crippen LogP contribution >= 0.6 is 22.9 Å². The maximum atomic E-state index is 12.3. The summed E-state index contributed by atoms with van der Waals surface area (Å²) in [5, 5.41) is 4.90. The van der Waals surface area contributed by atoms with Crippen LogP contribution in [-0.4, -0.2) is 17.5 Å². The zero-order valence-electron chi connectivity index (χ0n) is 10.7. The van der Waals surface area contributed by atoms with E-state index in [2.05, 4.69) is 15.0 Å². The number of nitrogens with zero attached hydrogens (tertiary/aromatic N) is 1. The minimum atomic E-state index is -2.95. The van der Waals surface area contributed by atoms with Gasteiger partial charge in [0.2, 0.25) is 5.91 Å². The molecular formula is C13H11ClF2N2O2S. The van der Waals surface area contributed by atoms with Gasteiger partial charge in [0.05, 0.1) is 23.7 Å². The van der Waals surface area contributed by atoms with Crippen LogP contribution in [0.2, 0.25) is 0 Å². The molecule has 0 aliphatic heterocycles. The van der Waals surface area contributed by atoms with Gasteiger partial charge in [-0.1, -0.05) is 12.1 Å². The summed E-state index contributed by atoms with van der Waals surface area (Å²) in [6.45, 7) is -2.95. The Morgan fingerprint density at radius 2 is 2.19 bits per heavy atom. The lowest BCUT2D eigenvalue weighted by Crippen LogP contribution is -2.15. The van der Waals surface area contributed by atoms with Gasteiger partial charge in [0, 0.05) is 5.38 Å². The number of anilines is 1. The van der Waals surface area contributed by atoms with Gasteiger partial charge in [0.15, 0.2) is 0 Å². The van der Waals surface area contributed by atoms with E-state index >= 15 is 0 Å². The number of carbonyl (C=O) groups is 1. The lowest BCUT2D eigenvalue weighted by Gasteiger charge is -2.11. The summed E-state index contributed by atoms with van der Waals surface area (Å²) in [4.78, 5) is 16.1. The van der Waals surface area contributed by atoms with E-state index in [9.17, 15) is 13.6 Å². The van der Waals surface area contributed by atoms with Crippen LogP contribution in [-0.2, 0) is 17.1 Å². The summed E-state index contributed by atoms with van der Waals surface area (Å²) >= 11 is 6.95. The van der Waals surface area contributed by atoms with Crippen LogP contribution in [0, 0.1) is 0 Å². The van der Waals surface area contributed by atoms with E-state index in [-0.39, 0.29) is 29.6 Å². The van der Waals surface area contributed by atoms with Crippen molar-refractivity contribution in [3.8, 4) is 5.75 Å². The number of rotatable bonds is 6. The van der Waals surface area contributed by atoms with Gasteiger partial charge < -0.3 is 10.1 Å². The quantitative estimate of drug-likeness (QED) is 0.821. The van der Waals surface area contributed by atoms with Crippen LogP contribution in [0.5, 0.6) is 5.75 Å². The lowest BCUT2D eigenvalue weighted by atomic mass is 10.3. The molecule has 0 unspecified atom stereocenters. The van der Waals surface area contributed by atoms with E-state index in [1.54, 1.807) is 17.5 Å². The van der Waals surface area contributed by atoms with Gasteiger partial charge in [-0.05, 0) is 12.1 Å². The van der Waals surface area contributed by atoms with Crippen LogP contribution in [0.4, 0.5) is 14.5 Å². The number of benzene rings is 1. The number of aromatic nitrogens is 1. The second kappa shape index (κ2) is 7.33. The summed E-state index contributed by atoms with van der Waals surface area (Å²) < 4.78 is 28.9. The minimum absolute atomic E-state index is 0.0462. The van der Waals surface area contributed by atoms with Crippen LogP contribution in [0.15, 0.2) is 29.6 Å². The summed E-state index contributed by atoms with van der Waals surface area (Å²) in [6, 6.07) is 6.00. The summed E-state index contributed by atoms with van der Waals surface area (Å²) in [5.74, 6) is -0.166. The molecule has 1 aromatic heterocycles. The molecule has 1 N–H and O–H groups in total. The number of alkyl halides is 3. The van der Waals surface area contributed by atoms with Crippen molar-refractivity contribution in [3.63, 3.8) is 0 Å². The van der Waals surface area contributed by atoms with Crippen molar-refractivity contribution in [3.05, 3.63) is 40.3 Å². The highest BCUT2D eigenvalue weighted by molar-refractivity contribution is 7.09. The molecule has 0 spiro atoms. The molecule has 2 aromatic rings. The topological polar surface area (TPSA) is 51.2 Å². The monoisotopic (exact) mass is 332 g/mol. The van der Waals surface area contributed by atoms with Crippen LogP contribution < -0.4 is 10.1 Å². The Morgan fingerprint density at radius 3 is 2.86 bits per heavy atom. The zero-order chi connectivity index (χ0) is 15.2. The van der Waals surface area contributed by atoms with Crippen molar-refractivity contribution in [2.45, 2.75) is 18.9 Å². The Kier molecular flexibility index (Phi) is 5.46. The van der Waals surface area contributed by atoms with E-state index in [1.807, 2.05) is 0 Å². The highest BCUT2D eigenvalue weighted by Gasteiger charge is 2.13. The Morgan fingerprint density at radius 1 is 1.43 bits per heavy atom. The molecule has 21 heavy (non-hydrogen) atoms. The highest BCUT2D eigenvalue weighted by atomic mass is 35.5. The molecule has 8 heteroatoms. The largest absolute Gasteiger partial charge is 0.433 e. The van der Waals surface area contributed by atoms with Gasteiger partial charge in [-0.15, -0.1) is 22.9 Å². The number of para-hydroxylation sites is 2. The van der Waals surface area contributed by atoms with Crippen molar-refractivity contribution >= 4 is 34.5 Å². The molecule has 1 heterocycles. The molecule has 112 valence electrons. The minimum Gasteiger partial charge on any atom is -0.433 e. The maximum absolute atomic E-state index is 12.3. The Balaban J connectivity index is 2.02. The van der Waals surface area contributed by atoms with Gasteiger partial charge in [-0.2, -0.15) is 8.78 Å². The fourth-order valence-corrected chi connectivity index (χ4v) is 2.61. The first-order valence-electron chi connectivity index (χ1n) is 5.91. The van der Waals surface area contributed by atoms with Crippen molar-refractivity contribution in [1.29, 1.82) is 0 Å². The van der Waals surface area contributed by atoms with E-state index in [0.717, 1.165) is 0 Å². The molecule has 0 saturated carbocycles. The molecule has 0 bridgehead atoms. The van der Waals surface area contributed by atoms with Gasteiger partial charge in [-0.25, -0.2) is 4.98 Å². The Hall–Kier alpha value is -1.73. The number of hydrogen-bond acceptors (Lipinski definition) is 4. The van der Waals surface area contributed by atoms with Gasteiger partial charge in [0.1, 0.15) is 10.8 Å². The molecule has 2 rings (SSSR count). The lowest BCUT2D eigenvalue weighted by molar-refractivity contribution is -0.115. The fourth-order valence-electron chi connectivity index (χ4n) is 1.59. The normalized spacial score (nSPS) is 10.7. The molecule has 0 radical (unpaired) electrons. The highest BCUT2D eigenvalue weighted by Crippen LogP contribution is 2.25. The molecular weight excluding hydrogens is 322 g/mol. The number of amides is 1. The number of ether oxygens (including phenoxy) is 1. The van der Waals surface area contributed by atoms with Crippen LogP contribution in [0.3, 0.4) is 0 Å². The Labute approximate surface area is 128 Å². The third kappa shape index (κ3) is 4.64. The first kappa shape index (κ1) is 15.7. The van der Waals surface area contributed by atoms with Crippen molar-refractivity contribution in [1.82, 2.24) is 4.98 Å². The van der Waals surface area contributed by atoms with E-state index in [1.165, 1.54) is 23.5 Å².